The van der Waals surface area contributed by atoms with Gasteiger partial charge in [-0.1, -0.05) is 40.2 Å². The Labute approximate surface area is 184 Å². The van der Waals surface area contributed by atoms with E-state index in [-0.39, 0.29) is 11.8 Å². The van der Waals surface area contributed by atoms with Crippen LogP contribution >= 0.6 is 15.9 Å². The molecule has 1 N–H and O–H groups in total. The van der Waals surface area contributed by atoms with Crippen molar-refractivity contribution < 1.29 is 19.1 Å². The summed E-state index contributed by atoms with van der Waals surface area (Å²) in [5, 5.41) is 3.02. The van der Waals surface area contributed by atoms with Crippen LogP contribution in [0.15, 0.2) is 53.0 Å². The van der Waals surface area contributed by atoms with E-state index in [2.05, 4.69) is 21.2 Å². The van der Waals surface area contributed by atoms with Gasteiger partial charge in [0.25, 0.3) is 5.91 Å². The van der Waals surface area contributed by atoms with Gasteiger partial charge in [-0.05, 0) is 48.6 Å². The summed E-state index contributed by atoms with van der Waals surface area (Å²) in [5.41, 5.74) is 1.47. The number of carbonyl (C=O) groups excluding carboxylic acids is 3. The van der Waals surface area contributed by atoms with Crippen molar-refractivity contribution in [1.29, 1.82) is 0 Å². The maximum atomic E-state index is 12.8. The van der Waals surface area contributed by atoms with Gasteiger partial charge >= 0.3 is 5.97 Å². The third kappa shape index (κ3) is 6.16. The van der Waals surface area contributed by atoms with Crippen LogP contribution in [0.1, 0.15) is 35.7 Å². The van der Waals surface area contributed by atoms with Crippen molar-refractivity contribution in [3.05, 3.63) is 64.1 Å². The van der Waals surface area contributed by atoms with Crippen molar-refractivity contribution in [2.75, 3.05) is 19.6 Å². The van der Waals surface area contributed by atoms with E-state index in [9.17, 15) is 14.4 Å². The first kappa shape index (κ1) is 22.0. The molecule has 1 fully saturated rings. The van der Waals surface area contributed by atoms with Gasteiger partial charge in [0.05, 0.1) is 6.42 Å². The fraction of sp³-hybridized carbons (Fsp3) is 0.348. The van der Waals surface area contributed by atoms with Crippen molar-refractivity contribution in [1.82, 2.24) is 10.2 Å². The van der Waals surface area contributed by atoms with Crippen molar-refractivity contribution in [2.24, 2.45) is 5.92 Å². The topological polar surface area (TPSA) is 75.7 Å². The van der Waals surface area contributed by atoms with Crippen LogP contribution in [0.4, 0.5) is 0 Å². The predicted octanol–water partition coefficient (Wildman–Crippen LogP) is 3.59. The number of hydrogen-bond donors (Lipinski definition) is 1. The van der Waals surface area contributed by atoms with E-state index >= 15 is 0 Å². The molecule has 0 saturated carbocycles. The Hall–Kier alpha value is -2.67. The number of esters is 1. The molecule has 0 bridgehead atoms. The lowest BCUT2D eigenvalue weighted by atomic mass is 9.96. The Balaban J connectivity index is 1.45. The molecule has 0 atom stereocenters. The minimum atomic E-state index is -0.415. The second kappa shape index (κ2) is 10.4. The van der Waals surface area contributed by atoms with E-state index in [4.69, 9.17) is 4.74 Å². The maximum absolute atomic E-state index is 12.8. The lowest BCUT2D eigenvalue weighted by molar-refractivity contribution is -0.131. The maximum Gasteiger partial charge on any atom is 0.308 e. The standard InChI is InChI=1S/C23H25BrN2O4/c1-16(27)30-20-7-4-6-19(13-20)23(29)26-11-9-17(10-12-26)15-25-22(28)14-18-5-2-3-8-21(18)24/h2-8,13,17H,9-12,14-15H2,1H3,(H,25,28). The van der Waals surface area contributed by atoms with Gasteiger partial charge in [-0.3, -0.25) is 14.4 Å². The van der Waals surface area contributed by atoms with Gasteiger partial charge in [-0.15, -0.1) is 0 Å². The summed E-state index contributed by atoms with van der Waals surface area (Å²) in [6, 6.07) is 14.4. The summed E-state index contributed by atoms with van der Waals surface area (Å²) in [6.07, 6.45) is 2.02. The van der Waals surface area contributed by atoms with Crippen molar-refractivity contribution >= 4 is 33.7 Å². The monoisotopic (exact) mass is 472 g/mol. The zero-order valence-corrected chi connectivity index (χ0v) is 18.5. The van der Waals surface area contributed by atoms with E-state index in [1.54, 1.807) is 24.3 Å². The second-order valence-corrected chi connectivity index (χ2v) is 8.28. The van der Waals surface area contributed by atoms with Gasteiger partial charge in [0.15, 0.2) is 0 Å². The Morgan fingerprint density at radius 3 is 2.53 bits per heavy atom. The number of piperidine rings is 1. The molecule has 2 aromatic rings. The van der Waals surface area contributed by atoms with Crippen molar-refractivity contribution in [3.8, 4) is 5.75 Å². The van der Waals surface area contributed by atoms with Crippen LogP contribution in [-0.2, 0) is 16.0 Å². The fourth-order valence-electron chi connectivity index (χ4n) is 3.52. The Kier molecular flexibility index (Phi) is 7.63. The lowest BCUT2D eigenvalue weighted by Crippen LogP contribution is -2.41. The normalized spacial score (nSPS) is 14.3. The number of likely N-dealkylation sites (tertiary alicyclic amines) is 1. The molecule has 1 saturated heterocycles. The highest BCUT2D eigenvalue weighted by atomic mass is 79.9. The van der Waals surface area contributed by atoms with Crippen molar-refractivity contribution in [3.63, 3.8) is 0 Å². The average Bonchev–Trinajstić information content (AvgIpc) is 2.73. The number of carbonyl (C=O) groups is 3. The smallest absolute Gasteiger partial charge is 0.308 e. The molecule has 6 nitrogen and oxygen atoms in total. The first-order chi connectivity index (χ1) is 14.4. The Morgan fingerprint density at radius 2 is 1.83 bits per heavy atom. The molecule has 1 heterocycles. The van der Waals surface area contributed by atoms with Crippen LogP contribution < -0.4 is 10.1 Å². The van der Waals surface area contributed by atoms with Gasteiger partial charge in [-0.2, -0.15) is 0 Å². The third-order valence-electron chi connectivity index (χ3n) is 5.14. The zero-order chi connectivity index (χ0) is 21.5. The molecule has 0 unspecified atom stereocenters. The van der Waals surface area contributed by atoms with Crippen molar-refractivity contribution in [2.45, 2.75) is 26.2 Å². The fourth-order valence-corrected chi connectivity index (χ4v) is 3.94. The minimum absolute atomic E-state index is 0.00249. The molecule has 30 heavy (non-hydrogen) atoms. The van der Waals surface area contributed by atoms with Gasteiger partial charge < -0.3 is 15.0 Å². The summed E-state index contributed by atoms with van der Waals surface area (Å²) in [6.45, 7) is 3.23. The summed E-state index contributed by atoms with van der Waals surface area (Å²) < 4.78 is 6.00. The number of amides is 2. The molecule has 2 amide bonds. The predicted molar refractivity (Wildman–Crippen MR) is 117 cm³/mol. The molecular formula is C23H25BrN2O4. The van der Waals surface area contributed by atoms with E-state index < -0.39 is 5.97 Å². The highest BCUT2D eigenvalue weighted by molar-refractivity contribution is 9.10. The van der Waals surface area contributed by atoms with Crippen LogP contribution in [0, 0.1) is 5.92 Å². The van der Waals surface area contributed by atoms with Gasteiger partial charge in [0.1, 0.15) is 5.75 Å². The quantitative estimate of drug-likeness (QED) is 0.514. The number of hydrogen-bond acceptors (Lipinski definition) is 4. The number of ether oxygens (including phenoxy) is 1. The molecule has 1 aliphatic heterocycles. The summed E-state index contributed by atoms with van der Waals surface area (Å²) in [4.78, 5) is 37.9. The molecule has 158 valence electrons. The number of halogens is 1. The van der Waals surface area contributed by atoms with Crippen LogP contribution in [0.3, 0.4) is 0 Å². The van der Waals surface area contributed by atoms with Crippen LogP contribution in [0.2, 0.25) is 0 Å². The minimum Gasteiger partial charge on any atom is -0.427 e. The molecule has 0 spiro atoms. The first-order valence-electron chi connectivity index (χ1n) is 10.00. The lowest BCUT2D eigenvalue weighted by Gasteiger charge is -2.32. The highest BCUT2D eigenvalue weighted by Gasteiger charge is 2.24. The summed E-state index contributed by atoms with van der Waals surface area (Å²) in [7, 11) is 0. The Bertz CT molecular complexity index is 923. The average molecular weight is 473 g/mol. The molecule has 3 rings (SSSR count). The van der Waals surface area contributed by atoms with E-state index in [1.807, 2.05) is 29.2 Å². The van der Waals surface area contributed by atoms with Crippen LogP contribution in [0.5, 0.6) is 5.75 Å². The molecule has 2 aromatic carbocycles. The van der Waals surface area contributed by atoms with E-state index in [1.165, 1.54) is 6.92 Å². The number of rotatable bonds is 6. The number of nitrogens with zero attached hydrogens (tertiary/aromatic N) is 1. The third-order valence-corrected chi connectivity index (χ3v) is 5.91. The Morgan fingerprint density at radius 1 is 1.10 bits per heavy atom. The summed E-state index contributed by atoms with van der Waals surface area (Å²) >= 11 is 3.47. The van der Waals surface area contributed by atoms with Gasteiger partial charge in [-0.25, -0.2) is 0 Å². The molecule has 1 aliphatic rings. The molecule has 7 heteroatoms. The molecule has 0 aliphatic carbocycles. The van der Waals surface area contributed by atoms with Crippen LogP contribution in [0.25, 0.3) is 0 Å². The molecule has 0 aromatic heterocycles. The number of benzene rings is 2. The second-order valence-electron chi connectivity index (χ2n) is 7.43. The first-order valence-corrected chi connectivity index (χ1v) is 10.8. The largest absolute Gasteiger partial charge is 0.427 e. The SMILES string of the molecule is CC(=O)Oc1cccc(C(=O)N2CCC(CNC(=O)Cc3ccccc3Br)CC2)c1. The number of nitrogens with one attached hydrogen (secondary N) is 1. The van der Waals surface area contributed by atoms with Gasteiger partial charge in [0.2, 0.25) is 5.91 Å². The molecular weight excluding hydrogens is 448 g/mol. The summed E-state index contributed by atoms with van der Waals surface area (Å²) in [5.74, 6) is 0.241. The molecule has 0 radical (unpaired) electrons. The van der Waals surface area contributed by atoms with E-state index in [0.29, 0.717) is 43.3 Å². The zero-order valence-electron chi connectivity index (χ0n) is 16.9. The van der Waals surface area contributed by atoms with E-state index in [0.717, 1.165) is 22.9 Å². The van der Waals surface area contributed by atoms with Gasteiger partial charge in [0, 0.05) is 36.6 Å². The highest BCUT2D eigenvalue weighted by Crippen LogP contribution is 2.21. The van der Waals surface area contributed by atoms with Crippen LogP contribution in [-0.4, -0.2) is 42.3 Å².